The second-order valence-corrected chi connectivity index (χ2v) is 7.38. The van der Waals surface area contributed by atoms with Crippen molar-refractivity contribution in [2.45, 2.75) is 13.8 Å². The molecule has 2 N–H and O–H groups in total. The SMILES string of the molecule is C=CC=N/C(=C\C)C(=C)/C=c1/c(-c2cc3c(-c4ccc(F)cc4)cncc3[nH]2)n[nH]/c1=C/C. The fourth-order valence-corrected chi connectivity index (χ4v) is 3.70. The minimum atomic E-state index is -0.271. The van der Waals surface area contributed by atoms with Gasteiger partial charge in [-0.1, -0.05) is 43.5 Å². The highest BCUT2D eigenvalue weighted by atomic mass is 19.1. The molecule has 0 atom stereocenters. The van der Waals surface area contributed by atoms with E-state index in [9.17, 15) is 4.39 Å². The maximum atomic E-state index is 13.4. The van der Waals surface area contributed by atoms with E-state index in [1.807, 2.05) is 38.1 Å². The van der Waals surface area contributed by atoms with Gasteiger partial charge in [-0.05, 0) is 49.3 Å². The van der Waals surface area contributed by atoms with Gasteiger partial charge in [-0.3, -0.25) is 15.1 Å². The second kappa shape index (κ2) is 9.44. The molecule has 0 radical (unpaired) electrons. The molecule has 5 nitrogen and oxygen atoms in total. The largest absolute Gasteiger partial charge is 0.352 e. The first-order chi connectivity index (χ1) is 16.0. The third kappa shape index (κ3) is 4.36. The zero-order chi connectivity index (χ0) is 23.4. The molecule has 6 heteroatoms. The molecule has 33 heavy (non-hydrogen) atoms. The Morgan fingerprint density at radius 3 is 2.64 bits per heavy atom. The molecule has 1 aromatic carbocycles. The summed E-state index contributed by atoms with van der Waals surface area (Å²) >= 11 is 0. The summed E-state index contributed by atoms with van der Waals surface area (Å²) in [4.78, 5) is 12.2. The van der Waals surface area contributed by atoms with Crippen LogP contribution in [0.25, 0.3) is 45.6 Å². The van der Waals surface area contributed by atoms with E-state index in [1.165, 1.54) is 12.1 Å². The number of hydrogen-bond acceptors (Lipinski definition) is 3. The number of aromatic amines is 2. The average Bonchev–Trinajstić information content (AvgIpc) is 3.43. The van der Waals surface area contributed by atoms with E-state index >= 15 is 0 Å². The van der Waals surface area contributed by atoms with Gasteiger partial charge in [0.1, 0.15) is 11.5 Å². The fraction of sp³-hybridized carbons (Fsp3) is 0.0741. The maximum absolute atomic E-state index is 13.4. The standard InChI is InChI=1S/C27H24FN5/c1-5-12-30-23(6-2)17(4)13-21-24(7-3)32-33-27(21)25-14-20-22(15-29-16-26(20)31-25)18-8-10-19(28)11-9-18/h5-16,31-32H,1,4H2,2-3H3/b21-13+,23-6-,24-7+,30-12?. The molecule has 4 aromatic rings. The Bertz CT molecular complexity index is 1510. The minimum Gasteiger partial charge on any atom is -0.352 e. The van der Waals surface area contributed by atoms with Crippen LogP contribution in [-0.2, 0) is 0 Å². The number of aromatic nitrogens is 4. The highest BCUT2D eigenvalue weighted by Gasteiger charge is 2.13. The number of benzene rings is 1. The van der Waals surface area contributed by atoms with Gasteiger partial charge in [0, 0.05) is 28.6 Å². The summed E-state index contributed by atoms with van der Waals surface area (Å²) in [5.74, 6) is -0.271. The lowest BCUT2D eigenvalue weighted by Crippen LogP contribution is -2.23. The second-order valence-electron chi connectivity index (χ2n) is 7.38. The summed E-state index contributed by atoms with van der Waals surface area (Å²) in [5.41, 5.74) is 5.77. The van der Waals surface area contributed by atoms with Crippen molar-refractivity contribution >= 4 is 29.3 Å². The van der Waals surface area contributed by atoms with E-state index in [2.05, 4.69) is 38.3 Å². The molecule has 0 saturated carbocycles. The Kier molecular flexibility index (Phi) is 6.26. The van der Waals surface area contributed by atoms with Crippen molar-refractivity contribution in [2.75, 3.05) is 0 Å². The van der Waals surface area contributed by atoms with Crippen LogP contribution in [-0.4, -0.2) is 26.4 Å². The van der Waals surface area contributed by atoms with E-state index < -0.39 is 0 Å². The van der Waals surface area contributed by atoms with Crippen LogP contribution < -0.4 is 10.6 Å². The molecule has 3 heterocycles. The molecule has 4 rings (SSSR count). The minimum absolute atomic E-state index is 0.271. The Balaban J connectivity index is 1.87. The van der Waals surface area contributed by atoms with Crippen LogP contribution in [0.1, 0.15) is 13.8 Å². The molecule has 0 aliphatic carbocycles. The summed E-state index contributed by atoms with van der Waals surface area (Å²) in [5, 5.41) is 10.4. The number of pyridine rings is 1. The molecule has 0 aliphatic heterocycles. The molecule has 0 spiro atoms. The number of fused-ring (bicyclic) bond motifs is 1. The predicted molar refractivity (Wildman–Crippen MR) is 135 cm³/mol. The number of halogens is 1. The number of nitrogens with one attached hydrogen (secondary N) is 2. The number of nitrogens with zero attached hydrogens (tertiary/aromatic N) is 3. The van der Waals surface area contributed by atoms with Crippen molar-refractivity contribution in [1.29, 1.82) is 0 Å². The van der Waals surface area contributed by atoms with Gasteiger partial charge >= 0.3 is 0 Å². The van der Waals surface area contributed by atoms with Crippen LogP contribution >= 0.6 is 0 Å². The van der Waals surface area contributed by atoms with Crippen molar-refractivity contribution < 1.29 is 4.39 Å². The molecular weight excluding hydrogens is 413 g/mol. The van der Waals surface area contributed by atoms with Crippen molar-refractivity contribution in [3.63, 3.8) is 0 Å². The smallest absolute Gasteiger partial charge is 0.123 e. The lowest BCUT2D eigenvalue weighted by Gasteiger charge is -2.02. The predicted octanol–water partition coefficient (Wildman–Crippen LogP) is 5.06. The topological polar surface area (TPSA) is 69.7 Å². The van der Waals surface area contributed by atoms with Gasteiger partial charge in [0.2, 0.25) is 0 Å². The van der Waals surface area contributed by atoms with E-state index in [-0.39, 0.29) is 5.82 Å². The number of rotatable bonds is 6. The maximum Gasteiger partial charge on any atom is 0.123 e. The zero-order valence-corrected chi connectivity index (χ0v) is 18.6. The Hall–Kier alpha value is -4.32. The first-order valence-corrected chi connectivity index (χ1v) is 10.5. The molecular formula is C27H24FN5. The fourth-order valence-electron chi connectivity index (χ4n) is 3.70. The van der Waals surface area contributed by atoms with Gasteiger partial charge in [0.05, 0.1) is 28.5 Å². The number of aliphatic imine (C=N–C) groups is 1. The Morgan fingerprint density at radius 1 is 1.15 bits per heavy atom. The number of hydrogen-bond donors (Lipinski definition) is 2. The summed E-state index contributed by atoms with van der Waals surface area (Å²) in [6.45, 7) is 11.7. The Morgan fingerprint density at radius 2 is 1.94 bits per heavy atom. The molecule has 0 aliphatic rings. The monoisotopic (exact) mass is 437 g/mol. The highest BCUT2D eigenvalue weighted by Crippen LogP contribution is 2.30. The first kappa shape index (κ1) is 21.9. The highest BCUT2D eigenvalue weighted by molar-refractivity contribution is 5.97. The van der Waals surface area contributed by atoms with Crippen molar-refractivity contribution in [3.8, 4) is 22.5 Å². The molecule has 3 aromatic heterocycles. The van der Waals surface area contributed by atoms with Crippen LogP contribution in [0.15, 0.2) is 84.3 Å². The van der Waals surface area contributed by atoms with Gasteiger partial charge in [0.25, 0.3) is 0 Å². The lowest BCUT2D eigenvalue weighted by molar-refractivity contribution is 0.628. The number of allylic oxidation sites excluding steroid dienone is 3. The van der Waals surface area contributed by atoms with Gasteiger partial charge in [0.15, 0.2) is 0 Å². The molecule has 0 fully saturated rings. The van der Waals surface area contributed by atoms with Crippen molar-refractivity contribution in [3.05, 3.63) is 95.7 Å². The van der Waals surface area contributed by atoms with Crippen LogP contribution in [0, 0.1) is 5.82 Å². The lowest BCUT2D eigenvalue weighted by atomic mass is 10.0. The Labute approximate surface area is 191 Å². The van der Waals surface area contributed by atoms with Gasteiger partial charge in [-0.15, -0.1) is 0 Å². The van der Waals surface area contributed by atoms with Gasteiger partial charge < -0.3 is 4.98 Å². The van der Waals surface area contributed by atoms with Crippen LogP contribution in [0.3, 0.4) is 0 Å². The summed E-state index contributed by atoms with van der Waals surface area (Å²) < 4.78 is 13.4. The van der Waals surface area contributed by atoms with E-state index in [0.717, 1.165) is 55.3 Å². The molecule has 0 unspecified atom stereocenters. The van der Waals surface area contributed by atoms with Crippen molar-refractivity contribution in [2.24, 2.45) is 4.99 Å². The molecule has 0 amide bonds. The van der Waals surface area contributed by atoms with Crippen LogP contribution in [0.2, 0.25) is 0 Å². The summed E-state index contributed by atoms with van der Waals surface area (Å²) in [6.07, 6.45) is 12.7. The number of H-pyrrole nitrogens is 2. The van der Waals surface area contributed by atoms with Crippen LogP contribution in [0.4, 0.5) is 4.39 Å². The first-order valence-electron chi connectivity index (χ1n) is 10.5. The van der Waals surface area contributed by atoms with E-state index in [4.69, 9.17) is 0 Å². The molecule has 164 valence electrons. The van der Waals surface area contributed by atoms with Crippen molar-refractivity contribution in [1.82, 2.24) is 20.2 Å². The van der Waals surface area contributed by atoms with Gasteiger partial charge in [-0.2, -0.15) is 5.10 Å². The molecule has 0 saturated heterocycles. The van der Waals surface area contributed by atoms with Gasteiger partial charge in [-0.25, -0.2) is 4.39 Å². The zero-order valence-electron chi connectivity index (χ0n) is 18.6. The third-order valence-electron chi connectivity index (χ3n) is 5.32. The quantitative estimate of drug-likeness (QED) is 0.327. The summed E-state index contributed by atoms with van der Waals surface area (Å²) in [7, 11) is 0. The molecule has 0 bridgehead atoms. The average molecular weight is 438 g/mol. The van der Waals surface area contributed by atoms with E-state index in [0.29, 0.717) is 0 Å². The normalized spacial score (nSPS) is 13.4. The van der Waals surface area contributed by atoms with E-state index in [1.54, 1.807) is 36.8 Å². The van der Waals surface area contributed by atoms with Crippen LogP contribution in [0.5, 0.6) is 0 Å². The summed E-state index contributed by atoms with van der Waals surface area (Å²) in [6, 6.07) is 8.44. The third-order valence-corrected chi connectivity index (χ3v) is 5.32.